The van der Waals surface area contributed by atoms with Crippen LogP contribution in [0.4, 0.5) is 0 Å². The molecule has 0 unspecified atom stereocenters. The fourth-order valence-electron chi connectivity index (χ4n) is 1.09. The molecule has 1 N–H and O–H groups in total. The van der Waals surface area contributed by atoms with Crippen molar-refractivity contribution in [2.24, 2.45) is 0 Å². The summed E-state index contributed by atoms with van der Waals surface area (Å²) in [7, 11) is 0. The maximum atomic E-state index is 11.0. The second-order valence-electron chi connectivity index (χ2n) is 2.82. The molecular weight excluding hydrogens is 164 g/mol. The molecule has 0 aromatic carbocycles. The van der Waals surface area contributed by atoms with E-state index in [2.05, 4.69) is 24.1 Å². The van der Waals surface area contributed by atoms with Crippen LogP contribution in [-0.2, 0) is 4.79 Å². The molecule has 0 bridgehead atoms. The summed E-state index contributed by atoms with van der Waals surface area (Å²) in [4.78, 5) is 13.3. The van der Waals surface area contributed by atoms with Crippen LogP contribution in [0.3, 0.4) is 0 Å². The van der Waals surface area contributed by atoms with Gasteiger partial charge >= 0.3 is 0 Å². The quantitative estimate of drug-likeness (QED) is 0.625. The summed E-state index contributed by atoms with van der Waals surface area (Å²) in [6.07, 6.45) is 3.29. The molecule has 76 valence electrons. The predicted molar refractivity (Wildman–Crippen MR) is 55.6 cm³/mol. The number of rotatable bonds is 6. The van der Waals surface area contributed by atoms with Crippen molar-refractivity contribution >= 4 is 5.91 Å². The standard InChI is InChI=1S/C10H20N2O/c1-4-7-10(13)11-8-9-12(5-2)6-3/h4,7H,5-6,8-9H2,1-3H3,(H,11,13)/b7-4+. The lowest BCUT2D eigenvalue weighted by Crippen LogP contribution is -2.34. The fraction of sp³-hybridized carbons (Fsp3) is 0.700. The van der Waals surface area contributed by atoms with Crippen LogP contribution in [0.5, 0.6) is 0 Å². The number of nitrogens with zero attached hydrogens (tertiary/aromatic N) is 1. The third-order valence-electron chi connectivity index (χ3n) is 1.94. The Labute approximate surface area is 80.8 Å². The molecule has 0 spiro atoms. The van der Waals surface area contributed by atoms with Gasteiger partial charge in [0.15, 0.2) is 0 Å². The van der Waals surface area contributed by atoms with Crippen molar-refractivity contribution in [2.45, 2.75) is 20.8 Å². The zero-order valence-electron chi connectivity index (χ0n) is 8.84. The van der Waals surface area contributed by atoms with E-state index in [1.54, 1.807) is 12.2 Å². The lowest BCUT2D eigenvalue weighted by atomic mass is 10.4. The zero-order chi connectivity index (χ0) is 10.1. The minimum Gasteiger partial charge on any atom is -0.351 e. The first-order valence-electron chi connectivity index (χ1n) is 4.87. The van der Waals surface area contributed by atoms with E-state index in [0.717, 1.165) is 26.2 Å². The van der Waals surface area contributed by atoms with E-state index in [4.69, 9.17) is 0 Å². The average Bonchev–Trinajstić information content (AvgIpc) is 2.13. The molecule has 0 radical (unpaired) electrons. The number of carbonyl (C=O) groups is 1. The van der Waals surface area contributed by atoms with Gasteiger partial charge in [-0.15, -0.1) is 0 Å². The Balaban J connectivity index is 3.48. The second kappa shape index (κ2) is 7.80. The first-order valence-corrected chi connectivity index (χ1v) is 4.87. The molecule has 0 atom stereocenters. The summed E-state index contributed by atoms with van der Waals surface area (Å²) in [5.41, 5.74) is 0. The van der Waals surface area contributed by atoms with Gasteiger partial charge in [0.1, 0.15) is 0 Å². The van der Waals surface area contributed by atoms with E-state index >= 15 is 0 Å². The van der Waals surface area contributed by atoms with Gasteiger partial charge in [0.25, 0.3) is 0 Å². The van der Waals surface area contributed by atoms with E-state index in [1.807, 2.05) is 6.92 Å². The van der Waals surface area contributed by atoms with Crippen LogP contribution in [-0.4, -0.2) is 37.0 Å². The van der Waals surface area contributed by atoms with Crippen LogP contribution in [0.15, 0.2) is 12.2 Å². The van der Waals surface area contributed by atoms with Crippen molar-refractivity contribution in [1.29, 1.82) is 0 Å². The minimum absolute atomic E-state index is 0.00495. The van der Waals surface area contributed by atoms with Gasteiger partial charge in [-0.25, -0.2) is 0 Å². The maximum Gasteiger partial charge on any atom is 0.243 e. The third-order valence-corrected chi connectivity index (χ3v) is 1.94. The summed E-state index contributed by atoms with van der Waals surface area (Å²) in [6.45, 7) is 9.81. The van der Waals surface area contributed by atoms with Gasteiger partial charge in [-0.2, -0.15) is 0 Å². The number of amides is 1. The number of hydrogen-bond acceptors (Lipinski definition) is 2. The van der Waals surface area contributed by atoms with E-state index in [9.17, 15) is 4.79 Å². The number of carbonyl (C=O) groups excluding carboxylic acids is 1. The van der Waals surface area contributed by atoms with Crippen LogP contribution in [0.25, 0.3) is 0 Å². The summed E-state index contributed by atoms with van der Waals surface area (Å²) in [5.74, 6) is -0.00495. The Hall–Kier alpha value is -0.830. The zero-order valence-corrected chi connectivity index (χ0v) is 8.84. The minimum atomic E-state index is -0.00495. The predicted octanol–water partition coefficient (Wildman–Crippen LogP) is 1.02. The molecule has 0 aromatic heterocycles. The Morgan fingerprint density at radius 3 is 2.46 bits per heavy atom. The summed E-state index contributed by atoms with van der Waals surface area (Å²) in [5, 5.41) is 2.82. The van der Waals surface area contributed by atoms with Gasteiger partial charge in [-0.05, 0) is 26.1 Å². The molecule has 0 fully saturated rings. The van der Waals surface area contributed by atoms with Crippen LogP contribution in [0.2, 0.25) is 0 Å². The largest absolute Gasteiger partial charge is 0.351 e. The second-order valence-corrected chi connectivity index (χ2v) is 2.82. The number of likely N-dealkylation sites (N-methyl/N-ethyl adjacent to an activating group) is 1. The van der Waals surface area contributed by atoms with E-state index in [0.29, 0.717) is 0 Å². The highest BCUT2D eigenvalue weighted by Gasteiger charge is 1.98. The normalized spacial score (nSPS) is 11.1. The Kier molecular flexibility index (Phi) is 7.30. The molecule has 1 amide bonds. The first-order chi connectivity index (χ1) is 6.24. The first kappa shape index (κ1) is 12.2. The summed E-state index contributed by atoms with van der Waals surface area (Å²) >= 11 is 0. The average molecular weight is 184 g/mol. The van der Waals surface area contributed by atoms with Gasteiger partial charge in [-0.3, -0.25) is 4.79 Å². The highest BCUT2D eigenvalue weighted by molar-refractivity contribution is 5.87. The molecule has 0 saturated heterocycles. The fourth-order valence-corrected chi connectivity index (χ4v) is 1.09. The molecule has 13 heavy (non-hydrogen) atoms. The molecule has 3 nitrogen and oxygen atoms in total. The molecule has 0 aromatic rings. The van der Waals surface area contributed by atoms with Crippen molar-refractivity contribution in [3.63, 3.8) is 0 Å². The molecule has 0 aliphatic heterocycles. The number of allylic oxidation sites excluding steroid dienone is 1. The van der Waals surface area contributed by atoms with Gasteiger partial charge in [0.2, 0.25) is 5.91 Å². The molecule has 0 rings (SSSR count). The van der Waals surface area contributed by atoms with E-state index in [1.165, 1.54) is 0 Å². The third kappa shape index (κ3) is 6.34. The molecule has 0 aliphatic rings. The van der Waals surface area contributed by atoms with Gasteiger partial charge in [0.05, 0.1) is 0 Å². The van der Waals surface area contributed by atoms with Gasteiger partial charge in [0, 0.05) is 13.1 Å². The van der Waals surface area contributed by atoms with Crippen LogP contribution >= 0.6 is 0 Å². The number of hydrogen-bond donors (Lipinski definition) is 1. The van der Waals surface area contributed by atoms with Crippen molar-refractivity contribution in [3.8, 4) is 0 Å². The smallest absolute Gasteiger partial charge is 0.243 e. The highest BCUT2D eigenvalue weighted by atomic mass is 16.1. The monoisotopic (exact) mass is 184 g/mol. The molecular formula is C10H20N2O. The Morgan fingerprint density at radius 1 is 1.38 bits per heavy atom. The number of nitrogens with one attached hydrogen (secondary N) is 1. The Bertz CT molecular complexity index is 162. The lowest BCUT2D eigenvalue weighted by molar-refractivity contribution is -0.116. The van der Waals surface area contributed by atoms with Gasteiger partial charge in [-0.1, -0.05) is 19.9 Å². The van der Waals surface area contributed by atoms with Crippen LogP contribution < -0.4 is 5.32 Å². The SMILES string of the molecule is C/C=C/C(=O)NCCN(CC)CC. The van der Waals surface area contributed by atoms with Crippen LogP contribution in [0, 0.1) is 0 Å². The topological polar surface area (TPSA) is 32.3 Å². The summed E-state index contributed by atoms with van der Waals surface area (Å²) < 4.78 is 0. The van der Waals surface area contributed by atoms with Crippen LogP contribution in [0.1, 0.15) is 20.8 Å². The van der Waals surface area contributed by atoms with E-state index < -0.39 is 0 Å². The van der Waals surface area contributed by atoms with Gasteiger partial charge < -0.3 is 10.2 Å². The molecule has 0 aliphatic carbocycles. The van der Waals surface area contributed by atoms with Crippen molar-refractivity contribution in [2.75, 3.05) is 26.2 Å². The summed E-state index contributed by atoms with van der Waals surface area (Å²) in [6, 6.07) is 0. The van der Waals surface area contributed by atoms with Crippen molar-refractivity contribution in [1.82, 2.24) is 10.2 Å². The Morgan fingerprint density at radius 2 is 2.00 bits per heavy atom. The molecule has 0 heterocycles. The maximum absolute atomic E-state index is 11.0. The van der Waals surface area contributed by atoms with Crippen molar-refractivity contribution in [3.05, 3.63) is 12.2 Å². The molecule has 0 saturated carbocycles. The van der Waals surface area contributed by atoms with Crippen molar-refractivity contribution < 1.29 is 4.79 Å². The lowest BCUT2D eigenvalue weighted by Gasteiger charge is -2.17. The highest BCUT2D eigenvalue weighted by Crippen LogP contribution is 1.84. The van der Waals surface area contributed by atoms with E-state index in [-0.39, 0.29) is 5.91 Å². The molecule has 3 heteroatoms.